The van der Waals surface area contributed by atoms with E-state index in [0.717, 1.165) is 6.08 Å². The highest BCUT2D eigenvalue weighted by Gasteiger charge is 1.95. The molecular weight excluding hydrogens is 116 g/mol. The van der Waals surface area contributed by atoms with Gasteiger partial charge in [-0.25, -0.2) is 0 Å². The van der Waals surface area contributed by atoms with Crippen molar-refractivity contribution in [3.8, 4) is 0 Å². The molecule has 0 spiro atoms. The lowest BCUT2D eigenvalue weighted by Gasteiger charge is -1.82. The second-order valence-corrected chi connectivity index (χ2v) is 2.53. The normalized spacial score (nSPS) is 11.0. The van der Waals surface area contributed by atoms with E-state index in [0.29, 0.717) is 0 Å². The predicted octanol–water partition coefficient (Wildman–Crippen LogP) is 0.0602. The molecule has 7 heavy (non-hydrogen) atoms. The molecule has 0 aliphatic rings. The van der Waals surface area contributed by atoms with E-state index in [1.165, 1.54) is 0 Å². The summed E-state index contributed by atoms with van der Waals surface area (Å²) in [5.41, 5.74) is 0. The van der Waals surface area contributed by atoms with Gasteiger partial charge >= 0.3 is 0 Å². The molecule has 0 aliphatic heterocycles. The lowest BCUT2D eigenvalue weighted by atomic mass is 10.8. The molecule has 0 aromatic carbocycles. The van der Waals surface area contributed by atoms with Crippen LogP contribution in [0.15, 0.2) is 12.7 Å². The molecule has 0 aromatic heterocycles. The molecule has 3 nitrogen and oxygen atoms in total. The first-order valence-electron chi connectivity index (χ1n) is 1.62. The van der Waals surface area contributed by atoms with Crippen molar-refractivity contribution >= 4 is 10.1 Å². The maximum Gasteiger partial charge on any atom is 0.268 e. The molecule has 0 fully saturated rings. The fraction of sp³-hybridized carbons (Fsp3) is 0.333. The fourth-order valence-electron chi connectivity index (χ4n) is 0.149. The zero-order valence-corrected chi connectivity index (χ0v) is 4.48. The van der Waals surface area contributed by atoms with E-state index < -0.39 is 10.1 Å². The summed E-state index contributed by atoms with van der Waals surface area (Å²) in [6, 6.07) is 0. The number of rotatable bonds is 2. The molecule has 0 heterocycles. The molecule has 0 saturated carbocycles. The van der Waals surface area contributed by atoms with E-state index in [-0.39, 0.29) is 5.75 Å². The van der Waals surface area contributed by atoms with Crippen LogP contribution >= 0.6 is 0 Å². The third-order valence-corrected chi connectivity index (χ3v) is 0.985. The van der Waals surface area contributed by atoms with Crippen LogP contribution in [0, 0.1) is 0 Å². The highest BCUT2D eigenvalue weighted by atomic mass is 32.2. The highest BCUT2D eigenvalue weighted by Crippen LogP contribution is 1.78. The van der Waals surface area contributed by atoms with Crippen molar-refractivity contribution in [3.63, 3.8) is 0 Å². The lowest BCUT2D eigenvalue weighted by molar-refractivity contribution is 0.487. The maximum atomic E-state index is 9.72. The molecule has 4 heteroatoms. The molecule has 0 radical (unpaired) electrons. The van der Waals surface area contributed by atoms with Crippen LogP contribution in [0.5, 0.6) is 0 Å². The van der Waals surface area contributed by atoms with Crippen LogP contribution in [0.4, 0.5) is 0 Å². The Morgan fingerprint density at radius 3 is 2.14 bits per heavy atom. The smallest absolute Gasteiger partial charge is 0.268 e. The molecule has 0 aliphatic carbocycles. The Balaban J connectivity index is 3.84. The van der Waals surface area contributed by atoms with E-state index in [4.69, 9.17) is 4.55 Å². The third kappa shape index (κ3) is 5.65. The van der Waals surface area contributed by atoms with Crippen molar-refractivity contribution in [3.05, 3.63) is 12.7 Å². The quantitative estimate of drug-likeness (QED) is 0.416. The Hall–Kier alpha value is -0.350. The van der Waals surface area contributed by atoms with Gasteiger partial charge < -0.3 is 0 Å². The summed E-state index contributed by atoms with van der Waals surface area (Å²) >= 11 is 0. The van der Waals surface area contributed by atoms with E-state index in [2.05, 4.69) is 6.58 Å². The van der Waals surface area contributed by atoms with Crippen molar-refractivity contribution in [1.29, 1.82) is 0 Å². The largest absolute Gasteiger partial charge is 0.285 e. The first-order chi connectivity index (χ1) is 3.06. The minimum Gasteiger partial charge on any atom is -0.285 e. The number of hydrogen-bond acceptors (Lipinski definition) is 2. The lowest BCUT2D eigenvalue weighted by Crippen LogP contribution is -1.99. The molecule has 42 valence electrons. The van der Waals surface area contributed by atoms with Crippen LogP contribution < -0.4 is 0 Å². The maximum absolute atomic E-state index is 9.72. The summed E-state index contributed by atoms with van der Waals surface area (Å²) in [6.07, 6.45) is 1.12. The molecule has 0 aromatic rings. The zero-order chi connectivity index (χ0) is 5.91. The Labute approximate surface area is 42.4 Å². The Morgan fingerprint density at radius 1 is 1.71 bits per heavy atom. The van der Waals surface area contributed by atoms with E-state index in [1.807, 2.05) is 0 Å². The van der Waals surface area contributed by atoms with Gasteiger partial charge in [-0.3, -0.25) is 4.55 Å². The molecule has 0 saturated heterocycles. The van der Waals surface area contributed by atoms with Crippen LogP contribution in [0.2, 0.25) is 0 Å². The number of hydrogen-bond donors (Lipinski definition) is 1. The van der Waals surface area contributed by atoms with Crippen molar-refractivity contribution < 1.29 is 13.0 Å². The van der Waals surface area contributed by atoms with Crippen molar-refractivity contribution in [1.82, 2.24) is 0 Å². The topological polar surface area (TPSA) is 54.4 Å². The minimum atomic E-state index is -3.79. The van der Waals surface area contributed by atoms with Gasteiger partial charge in [-0.05, 0) is 0 Å². The summed E-state index contributed by atoms with van der Waals surface area (Å²) < 4.78 is 27.3. The molecule has 1 N–H and O–H groups in total. The Morgan fingerprint density at radius 2 is 2.14 bits per heavy atom. The average molecular weight is 122 g/mol. The SMILES string of the molecule is C=CCS(=O)(=O)O. The molecule has 0 rings (SSSR count). The third-order valence-electron chi connectivity index (χ3n) is 0.328. The van der Waals surface area contributed by atoms with Gasteiger partial charge in [0, 0.05) is 0 Å². The molecule has 0 bridgehead atoms. The van der Waals surface area contributed by atoms with E-state index >= 15 is 0 Å². The summed E-state index contributed by atoms with van der Waals surface area (Å²) in [5.74, 6) is -0.368. The Bertz CT molecular complexity index is 144. The second-order valence-electron chi connectivity index (χ2n) is 1.04. The van der Waals surface area contributed by atoms with Crippen molar-refractivity contribution in [2.45, 2.75) is 0 Å². The van der Waals surface area contributed by atoms with Crippen LogP contribution in [-0.4, -0.2) is 18.7 Å². The molecule has 0 unspecified atom stereocenters. The van der Waals surface area contributed by atoms with Crippen LogP contribution in [0.3, 0.4) is 0 Å². The molecule has 0 amide bonds. The standard InChI is InChI=1S/C3H6O3S/c1-2-3-7(4,5)6/h2H,1,3H2,(H,4,5,6). The monoisotopic (exact) mass is 122 g/mol. The van der Waals surface area contributed by atoms with Gasteiger partial charge in [0.2, 0.25) is 0 Å². The van der Waals surface area contributed by atoms with Gasteiger partial charge in [-0.2, -0.15) is 8.42 Å². The summed E-state index contributed by atoms with van der Waals surface area (Å²) in [6.45, 7) is 3.11. The molecular formula is C3H6O3S. The van der Waals surface area contributed by atoms with Gasteiger partial charge in [0.1, 0.15) is 0 Å². The summed E-state index contributed by atoms with van der Waals surface area (Å²) in [7, 11) is -3.79. The minimum absolute atomic E-state index is 0.368. The van der Waals surface area contributed by atoms with Crippen molar-refractivity contribution in [2.24, 2.45) is 0 Å². The van der Waals surface area contributed by atoms with E-state index in [1.54, 1.807) is 0 Å². The first-order valence-corrected chi connectivity index (χ1v) is 3.23. The summed E-state index contributed by atoms with van der Waals surface area (Å²) in [5, 5.41) is 0. The summed E-state index contributed by atoms with van der Waals surface area (Å²) in [4.78, 5) is 0. The van der Waals surface area contributed by atoms with Crippen LogP contribution in [-0.2, 0) is 10.1 Å². The average Bonchev–Trinajstić information content (AvgIpc) is 1.30. The second kappa shape index (κ2) is 2.09. The van der Waals surface area contributed by atoms with Gasteiger partial charge in [-0.1, -0.05) is 6.08 Å². The van der Waals surface area contributed by atoms with Gasteiger partial charge in [0.25, 0.3) is 10.1 Å². The highest BCUT2D eigenvalue weighted by molar-refractivity contribution is 7.85. The van der Waals surface area contributed by atoms with Crippen molar-refractivity contribution in [2.75, 3.05) is 5.75 Å². The zero-order valence-electron chi connectivity index (χ0n) is 3.66. The van der Waals surface area contributed by atoms with Gasteiger partial charge in [0.15, 0.2) is 0 Å². The first kappa shape index (κ1) is 6.65. The van der Waals surface area contributed by atoms with E-state index in [9.17, 15) is 8.42 Å². The van der Waals surface area contributed by atoms with Crippen LogP contribution in [0.25, 0.3) is 0 Å². The van der Waals surface area contributed by atoms with Gasteiger partial charge in [-0.15, -0.1) is 6.58 Å². The van der Waals surface area contributed by atoms with Gasteiger partial charge in [0.05, 0.1) is 5.75 Å². The Kier molecular flexibility index (Phi) is 1.98. The fourth-order valence-corrected chi connectivity index (χ4v) is 0.447. The van der Waals surface area contributed by atoms with Crippen LogP contribution in [0.1, 0.15) is 0 Å². The molecule has 0 atom stereocenters. The predicted molar refractivity (Wildman–Crippen MR) is 26.6 cm³/mol.